The summed E-state index contributed by atoms with van der Waals surface area (Å²) in [6, 6.07) is 14.8. The Hall–Kier alpha value is -1.84. The van der Waals surface area contributed by atoms with Crippen molar-refractivity contribution < 1.29 is 18.7 Å². The van der Waals surface area contributed by atoms with Crippen LogP contribution in [-0.4, -0.2) is 16.0 Å². The van der Waals surface area contributed by atoms with Gasteiger partial charge in [0, 0.05) is 10.0 Å². The van der Waals surface area contributed by atoms with Crippen molar-refractivity contribution >= 4 is 84.0 Å². The molecule has 1 saturated heterocycles. The van der Waals surface area contributed by atoms with Crippen LogP contribution in [0.3, 0.4) is 0 Å². The maximum absolute atomic E-state index is 13.3. The van der Waals surface area contributed by atoms with Gasteiger partial charge in [-0.05, 0) is 103 Å². The summed E-state index contributed by atoms with van der Waals surface area (Å²) in [5.74, 6) is -0.323. The van der Waals surface area contributed by atoms with E-state index in [1.807, 2.05) is 12.1 Å². The lowest BCUT2D eigenvalue weighted by Crippen LogP contribution is -2.27. The number of carbonyl (C=O) groups is 2. The van der Waals surface area contributed by atoms with Gasteiger partial charge in [-0.1, -0.05) is 41.4 Å². The van der Waals surface area contributed by atoms with Gasteiger partial charge in [-0.25, -0.2) is 4.39 Å². The first-order valence-electron chi connectivity index (χ1n) is 9.77. The molecular formula is C24H14Br2Cl2FNO3S. The number of benzene rings is 3. The smallest absolute Gasteiger partial charge is 0.293 e. The van der Waals surface area contributed by atoms with Gasteiger partial charge in [0.1, 0.15) is 18.2 Å². The molecule has 10 heteroatoms. The third kappa shape index (κ3) is 5.86. The summed E-state index contributed by atoms with van der Waals surface area (Å²) in [4.78, 5) is 26.7. The van der Waals surface area contributed by atoms with Crippen LogP contribution in [-0.2, 0) is 17.9 Å². The van der Waals surface area contributed by atoms with Gasteiger partial charge in [0.25, 0.3) is 11.1 Å². The fourth-order valence-electron chi connectivity index (χ4n) is 3.14. The van der Waals surface area contributed by atoms with Crippen LogP contribution < -0.4 is 4.74 Å². The molecule has 4 rings (SSSR count). The standard InChI is InChI=1S/C24H14Br2Cl2FNO3S/c25-18-7-14(8-19(26)22(18)33-12-13-1-4-16(27)5-2-13)9-21-23(31)30(24(32)34-21)11-15-3-6-17(29)10-20(15)28/h1-10H,11-12H2/b21-9+. The molecule has 0 aromatic heterocycles. The van der Waals surface area contributed by atoms with Gasteiger partial charge in [0.05, 0.1) is 20.4 Å². The van der Waals surface area contributed by atoms with E-state index < -0.39 is 17.0 Å². The van der Waals surface area contributed by atoms with E-state index in [0.29, 0.717) is 37.5 Å². The molecule has 3 aromatic rings. The summed E-state index contributed by atoms with van der Waals surface area (Å²) in [5.41, 5.74) is 2.14. The summed E-state index contributed by atoms with van der Waals surface area (Å²) in [6.45, 7) is 0.310. The van der Waals surface area contributed by atoms with Crippen LogP contribution in [0.25, 0.3) is 6.08 Å². The minimum atomic E-state index is -0.487. The summed E-state index contributed by atoms with van der Waals surface area (Å²) < 4.78 is 20.6. The first-order chi connectivity index (χ1) is 16.2. The molecule has 0 spiro atoms. The van der Waals surface area contributed by atoms with E-state index in [4.69, 9.17) is 27.9 Å². The zero-order chi connectivity index (χ0) is 24.4. The zero-order valence-electron chi connectivity index (χ0n) is 17.2. The molecule has 0 N–H and O–H groups in total. The van der Waals surface area contributed by atoms with Crippen molar-refractivity contribution in [2.24, 2.45) is 0 Å². The molecule has 0 aliphatic carbocycles. The number of nitrogens with zero attached hydrogens (tertiary/aromatic N) is 1. The SMILES string of the molecule is O=C1S/C(=C/c2cc(Br)c(OCc3ccc(Cl)cc3)c(Br)c2)C(=O)N1Cc1ccc(F)cc1Cl. The molecule has 34 heavy (non-hydrogen) atoms. The number of hydrogen-bond donors (Lipinski definition) is 0. The number of hydrogen-bond acceptors (Lipinski definition) is 4. The minimum Gasteiger partial charge on any atom is -0.487 e. The zero-order valence-corrected chi connectivity index (χ0v) is 22.7. The highest BCUT2D eigenvalue weighted by Gasteiger charge is 2.35. The molecule has 1 aliphatic rings. The maximum Gasteiger partial charge on any atom is 0.293 e. The Morgan fingerprint density at radius 2 is 1.68 bits per heavy atom. The van der Waals surface area contributed by atoms with Gasteiger partial charge in [-0.2, -0.15) is 0 Å². The summed E-state index contributed by atoms with van der Waals surface area (Å²) in [7, 11) is 0. The molecule has 4 nitrogen and oxygen atoms in total. The highest BCUT2D eigenvalue weighted by molar-refractivity contribution is 9.11. The van der Waals surface area contributed by atoms with Crippen molar-refractivity contribution in [3.05, 3.63) is 101 Å². The Labute approximate surface area is 226 Å². The average Bonchev–Trinajstić information content (AvgIpc) is 3.03. The van der Waals surface area contributed by atoms with Crippen molar-refractivity contribution in [1.29, 1.82) is 0 Å². The van der Waals surface area contributed by atoms with E-state index in [-0.39, 0.29) is 16.5 Å². The predicted octanol–water partition coefficient (Wildman–Crippen LogP) is 8.47. The Morgan fingerprint density at radius 1 is 1.00 bits per heavy atom. The van der Waals surface area contributed by atoms with Crippen LogP contribution in [0.5, 0.6) is 5.75 Å². The van der Waals surface area contributed by atoms with E-state index in [9.17, 15) is 14.0 Å². The molecule has 2 amide bonds. The van der Waals surface area contributed by atoms with Crippen LogP contribution in [0.15, 0.2) is 68.4 Å². The van der Waals surface area contributed by atoms with Gasteiger partial charge < -0.3 is 4.74 Å². The van der Waals surface area contributed by atoms with Gasteiger partial charge >= 0.3 is 0 Å². The largest absolute Gasteiger partial charge is 0.487 e. The number of ether oxygens (including phenoxy) is 1. The number of imide groups is 1. The molecule has 1 aliphatic heterocycles. The molecule has 1 fully saturated rings. The monoisotopic (exact) mass is 643 g/mol. The summed E-state index contributed by atoms with van der Waals surface area (Å²) in [6.07, 6.45) is 1.63. The second-order valence-electron chi connectivity index (χ2n) is 7.23. The maximum atomic E-state index is 13.3. The molecule has 0 bridgehead atoms. The van der Waals surface area contributed by atoms with Gasteiger partial charge in [0.2, 0.25) is 0 Å². The molecule has 1 heterocycles. The van der Waals surface area contributed by atoms with Crippen molar-refractivity contribution in [3.8, 4) is 5.75 Å². The van der Waals surface area contributed by atoms with E-state index >= 15 is 0 Å². The lowest BCUT2D eigenvalue weighted by atomic mass is 10.2. The van der Waals surface area contributed by atoms with Crippen molar-refractivity contribution in [3.63, 3.8) is 0 Å². The van der Waals surface area contributed by atoms with Crippen LogP contribution in [0.4, 0.5) is 9.18 Å². The van der Waals surface area contributed by atoms with Crippen molar-refractivity contribution in [1.82, 2.24) is 4.90 Å². The molecule has 0 unspecified atom stereocenters. The van der Waals surface area contributed by atoms with E-state index in [1.165, 1.54) is 12.1 Å². The topological polar surface area (TPSA) is 46.6 Å². The van der Waals surface area contributed by atoms with Crippen molar-refractivity contribution in [2.45, 2.75) is 13.2 Å². The third-order valence-electron chi connectivity index (χ3n) is 4.83. The second-order valence-corrected chi connectivity index (χ2v) is 10.8. The molecule has 3 aromatic carbocycles. The van der Waals surface area contributed by atoms with Crippen LogP contribution in [0.1, 0.15) is 16.7 Å². The summed E-state index contributed by atoms with van der Waals surface area (Å²) in [5, 5.41) is 0.392. The number of carbonyl (C=O) groups excluding carboxylic acids is 2. The highest BCUT2D eigenvalue weighted by atomic mass is 79.9. The normalized spacial score (nSPS) is 14.9. The Balaban J connectivity index is 1.50. The first kappa shape index (κ1) is 25.3. The Kier molecular flexibility index (Phi) is 8.05. The Morgan fingerprint density at radius 3 is 2.32 bits per heavy atom. The average molecular weight is 646 g/mol. The van der Waals surface area contributed by atoms with E-state index in [1.54, 1.807) is 30.3 Å². The van der Waals surface area contributed by atoms with Crippen LogP contribution in [0, 0.1) is 5.82 Å². The quantitative estimate of drug-likeness (QED) is 0.252. The lowest BCUT2D eigenvalue weighted by molar-refractivity contribution is -0.123. The van der Waals surface area contributed by atoms with E-state index in [2.05, 4.69) is 31.9 Å². The lowest BCUT2D eigenvalue weighted by Gasteiger charge is -2.13. The fraction of sp³-hybridized carbons (Fsp3) is 0.0833. The van der Waals surface area contributed by atoms with Crippen LogP contribution in [0.2, 0.25) is 10.0 Å². The number of amides is 2. The molecule has 0 radical (unpaired) electrons. The number of thioether (sulfide) groups is 1. The fourth-order valence-corrected chi connectivity index (χ4v) is 5.79. The third-order valence-corrected chi connectivity index (χ3v) is 7.52. The Bertz CT molecular complexity index is 1300. The van der Waals surface area contributed by atoms with Crippen LogP contribution >= 0.6 is 66.8 Å². The molecule has 174 valence electrons. The summed E-state index contributed by atoms with van der Waals surface area (Å²) >= 11 is 19.8. The van der Waals surface area contributed by atoms with E-state index in [0.717, 1.165) is 28.3 Å². The van der Waals surface area contributed by atoms with Gasteiger partial charge in [0.15, 0.2) is 0 Å². The number of halogens is 5. The first-order valence-corrected chi connectivity index (χ1v) is 12.9. The van der Waals surface area contributed by atoms with Crippen molar-refractivity contribution in [2.75, 3.05) is 0 Å². The molecule has 0 saturated carbocycles. The van der Waals surface area contributed by atoms with Gasteiger partial charge in [-0.15, -0.1) is 0 Å². The molecular weight excluding hydrogens is 632 g/mol. The highest BCUT2D eigenvalue weighted by Crippen LogP contribution is 2.38. The number of rotatable bonds is 6. The second kappa shape index (κ2) is 10.8. The van der Waals surface area contributed by atoms with Gasteiger partial charge in [-0.3, -0.25) is 14.5 Å². The predicted molar refractivity (Wildman–Crippen MR) is 141 cm³/mol. The minimum absolute atomic E-state index is 0.0357. The molecule has 0 atom stereocenters.